The van der Waals surface area contributed by atoms with Gasteiger partial charge >= 0.3 is 307 Å². The molecule has 0 fully saturated rings. The van der Waals surface area contributed by atoms with Crippen LogP contribution < -0.4 is 26.1 Å². The molecule has 0 aliphatic carbocycles. The predicted octanol–water partition coefficient (Wildman–Crippen LogP) is 9.11. The third kappa shape index (κ3) is 13.3. The summed E-state index contributed by atoms with van der Waals surface area (Å²) < 4.78 is 10.0. The van der Waals surface area contributed by atoms with Gasteiger partial charge in [-0.05, 0) is 0 Å². The molecule has 0 aliphatic rings. The van der Waals surface area contributed by atoms with Crippen LogP contribution in [0.1, 0.15) is 119 Å². The van der Waals surface area contributed by atoms with Crippen molar-refractivity contribution < 1.29 is 0 Å². The maximum atomic E-state index is 2.59. The zero-order valence-corrected chi connectivity index (χ0v) is 38.0. The summed E-state index contributed by atoms with van der Waals surface area (Å²) in [6.07, 6.45) is 16.4. The van der Waals surface area contributed by atoms with Crippen LogP contribution in [0.5, 0.6) is 0 Å². The minimum atomic E-state index is -1.64. The second kappa shape index (κ2) is 24.1. The Labute approximate surface area is 304 Å². The van der Waals surface area contributed by atoms with Crippen LogP contribution in [0.2, 0.25) is 31.3 Å². The summed E-state index contributed by atoms with van der Waals surface area (Å²) in [4.78, 5) is 0. The Bertz CT molecular complexity index is 997. The fourth-order valence-electron chi connectivity index (χ4n) is 6.09. The summed E-state index contributed by atoms with van der Waals surface area (Å²) in [5, 5.41) is 8.89. The summed E-state index contributed by atoms with van der Waals surface area (Å²) in [5.41, 5.74) is 0. The van der Waals surface area contributed by atoms with Crippen LogP contribution in [0.25, 0.3) is 0 Å². The number of hydrogen-bond acceptors (Lipinski definition) is 0. The molecule has 0 nitrogen and oxygen atoms in total. The van der Waals surface area contributed by atoms with Crippen LogP contribution in [0.4, 0.5) is 0 Å². The van der Waals surface area contributed by atoms with Crippen molar-refractivity contribution in [3.8, 4) is 0 Å². The SMILES string of the molecule is CCCC[As](CCCC)c1ccc([As](c2ccc([As](CCCC)CCCC)cc2)c2ccc([As](CCCC)CCCC)cc2)cc1. The Morgan fingerprint density at radius 3 is 0.630 bits per heavy atom. The standard InChI is InChI=1S/C42H66As4/c1-7-13-31-43(32-14-8-2)37-19-25-40(26-20-37)46(41-27-21-38(22-28-41)44(33-15-9-3)34-16-10-4)42-29-23-39(24-30-42)45(35-17-11-5)36-18-12-6/h19-30H,7-18,31-36H2,1-6H3. The number of hydrogen-bond donors (Lipinski definition) is 0. The van der Waals surface area contributed by atoms with E-state index in [0.29, 0.717) is 0 Å². The molecule has 4 heteroatoms. The molecule has 3 rings (SSSR count). The molecule has 0 bridgehead atoms. The monoisotopic (exact) mass is 870 g/mol. The second-order valence-electron chi connectivity index (χ2n) is 13.0. The zero-order chi connectivity index (χ0) is 33.0. The van der Waals surface area contributed by atoms with Gasteiger partial charge < -0.3 is 0 Å². The first kappa shape index (κ1) is 40.3. The minimum absolute atomic E-state index is 0.957. The van der Waals surface area contributed by atoms with Gasteiger partial charge in [0.2, 0.25) is 0 Å². The van der Waals surface area contributed by atoms with Crippen molar-refractivity contribution in [2.75, 3.05) is 0 Å². The molecule has 0 saturated heterocycles. The summed E-state index contributed by atoms with van der Waals surface area (Å²) in [6, 6.07) is 31.0. The molecule has 0 amide bonds. The Morgan fingerprint density at radius 2 is 0.457 bits per heavy atom. The molecule has 3 aromatic carbocycles. The Balaban J connectivity index is 1.98. The fraction of sp³-hybridized carbons (Fsp3) is 0.571. The van der Waals surface area contributed by atoms with E-state index in [2.05, 4.69) is 114 Å². The van der Waals surface area contributed by atoms with Crippen LogP contribution in [0.3, 0.4) is 0 Å². The summed E-state index contributed by atoms with van der Waals surface area (Å²) in [6.45, 7) is 14.2. The predicted molar refractivity (Wildman–Crippen MR) is 218 cm³/mol. The van der Waals surface area contributed by atoms with E-state index in [4.69, 9.17) is 0 Å². The van der Waals surface area contributed by atoms with E-state index in [-0.39, 0.29) is 0 Å². The molecule has 0 unspecified atom stereocenters. The molecule has 46 heavy (non-hydrogen) atoms. The number of rotatable bonds is 24. The van der Waals surface area contributed by atoms with Gasteiger partial charge in [0, 0.05) is 0 Å². The first-order valence-electron chi connectivity index (χ1n) is 18.9. The summed E-state index contributed by atoms with van der Waals surface area (Å²) >= 11 is -4.51. The second-order valence-corrected chi connectivity index (χ2v) is 33.3. The molecule has 0 heterocycles. The molecule has 0 radical (unpaired) electrons. The van der Waals surface area contributed by atoms with Crippen molar-refractivity contribution in [3.63, 3.8) is 0 Å². The molecule has 0 aliphatic heterocycles. The van der Waals surface area contributed by atoms with Gasteiger partial charge in [0.1, 0.15) is 0 Å². The van der Waals surface area contributed by atoms with Crippen molar-refractivity contribution in [2.45, 2.75) is 150 Å². The Hall–Kier alpha value is -0.106. The van der Waals surface area contributed by atoms with Gasteiger partial charge in [-0.2, -0.15) is 0 Å². The third-order valence-electron chi connectivity index (χ3n) is 9.11. The van der Waals surface area contributed by atoms with Gasteiger partial charge in [-0.25, -0.2) is 0 Å². The zero-order valence-electron chi connectivity index (χ0n) is 30.4. The summed E-state index contributed by atoms with van der Waals surface area (Å²) in [5.74, 6) is 0. The summed E-state index contributed by atoms with van der Waals surface area (Å²) in [7, 11) is 0. The van der Waals surface area contributed by atoms with E-state index < -0.39 is 58.6 Å². The van der Waals surface area contributed by atoms with Gasteiger partial charge in [-0.3, -0.25) is 0 Å². The Kier molecular flexibility index (Phi) is 21.1. The number of unbranched alkanes of at least 4 members (excludes halogenated alkanes) is 6. The van der Waals surface area contributed by atoms with Crippen molar-refractivity contribution in [1.29, 1.82) is 0 Å². The van der Waals surface area contributed by atoms with Crippen LogP contribution in [-0.4, -0.2) is 58.6 Å². The average molecular weight is 871 g/mol. The molecule has 3 aromatic rings. The van der Waals surface area contributed by atoms with Crippen LogP contribution in [0.15, 0.2) is 72.8 Å². The molecule has 254 valence electrons. The van der Waals surface area contributed by atoms with Crippen LogP contribution >= 0.6 is 0 Å². The topological polar surface area (TPSA) is 0 Å². The van der Waals surface area contributed by atoms with E-state index in [9.17, 15) is 0 Å². The van der Waals surface area contributed by atoms with Crippen molar-refractivity contribution in [3.05, 3.63) is 72.8 Å². The Morgan fingerprint density at radius 1 is 0.283 bits per heavy atom. The first-order valence-corrected chi connectivity index (χ1v) is 32.5. The van der Waals surface area contributed by atoms with E-state index >= 15 is 0 Å². The van der Waals surface area contributed by atoms with Crippen molar-refractivity contribution in [2.24, 2.45) is 0 Å². The van der Waals surface area contributed by atoms with Gasteiger partial charge in [-0.1, -0.05) is 0 Å². The van der Waals surface area contributed by atoms with Gasteiger partial charge in [0.15, 0.2) is 0 Å². The van der Waals surface area contributed by atoms with E-state index in [1.165, 1.54) is 108 Å². The van der Waals surface area contributed by atoms with E-state index in [1.54, 1.807) is 26.1 Å². The quantitative estimate of drug-likeness (QED) is 0.0789. The normalized spacial score (nSPS) is 11.9. The third-order valence-corrected chi connectivity index (χ3v) is 31.5. The molecular formula is C42H66As4. The molecular weight excluding hydrogens is 804 g/mol. The molecule has 0 N–H and O–H groups in total. The maximum absolute atomic E-state index is 2.59. The van der Waals surface area contributed by atoms with Crippen molar-refractivity contribution >= 4 is 84.7 Å². The van der Waals surface area contributed by atoms with Crippen LogP contribution in [0, 0.1) is 0 Å². The van der Waals surface area contributed by atoms with Crippen molar-refractivity contribution in [1.82, 2.24) is 0 Å². The van der Waals surface area contributed by atoms with E-state index in [1.807, 2.05) is 0 Å². The molecule has 0 spiro atoms. The first-order chi connectivity index (χ1) is 22.6. The molecule has 0 saturated carbocycles. The van der Waals surface area contributed by atoms with Gasteiger partial charge in [0.25, 0.3) is 0 Å². The number of benzene rings is 3. The molecule has 0 aromatic heterocycles. The van der Waals surface area contributed by atoms with Gasteiger partial charge in [-0.15, -0.1) is 0 Å². The fourth-order valence-corrected chi connectivity index (χ4v) is 27.8. The van der Waals surface area contributed by atoms with Crippen LogP contribution in [-0.2, 0) is 0 Å². The van der Waals surface area contributed by atoms with E-state index in [0.717, 1.165) is 0 Å². The molecule has 0 atom stereocenters. The van der Waals surface area contributed by atoms with Gasteiger partial charge in [0.05, 0.1) is 0 Å². The average Bonchev–Trinajstić information content (AvgIpc) is 3.10.